The van der Waals surface area contributed by atoms with Crippen molar-refractivity contribution in [3.8, 4) is 0 Å². The van der Waals surface area contributed by atoms with Gasteiger partial charge in [0.05, 0.1) is 4.90 Å². The van der Waals surface area contributed by atoms with Crippen LogP contribution in [-0.4, -0.2) is 67.6 Å². The van der Waals surface area contributed by atoms with Crippen LogP contribution in [0.1, 0.15) is 20.3 Å². The van der Waals surface area contributed by atoms with Crippen molar-refractivity contribution in [1.82, 2.24) is 15.1 Å². The number of amides is 2. The minimum Gasteiger partial charge on any atom is -0.360 e. The maximum atomic E-state index is 13.4. The summed E-state index contributed by atoms with van der Waals surface area (Å²) < 4.78 is 27.7. The van der Waals surface area contributed by atoms with Crippen LogP contribution in [0.2, 0.25) is 10.2 Å². The molecule has 1 N–H and O–H groups in total. The Morgan fingerprint density at radius 1 is 1.03 bits per heavy atom. The lowest BCUT2D eigenvalue weighted by molar-refractivity contribution is -0.137. The lowest BCUT2D eigenvalue weighted by Gasteiger charge is -2.40. The first-order valence-electron chi connectivity index (χ1n) is 12.4. The summed E-state index contributed by atoms with van der Waals surface area (Å²) >= 11 is 11.9. The summed E-state index contributed by atoms with van der Waals surface area (Å²) in [5.74, 6) is -0.313. The van der Waals surface area contributed by atoms with Crippen molar-refractivity contribution in [2.24, 2.45) is 0 Å². The molecule has 2 aliphatic heterocycles. The molecule has 3 heterocycles. The molecule has 0 spiro atoms. The summed E-state index contributed by atoms with van der Waals surface area (Å²) in [7, 11) is -3.92. The second-order valence-electron chi connectivity index (χ2n) is 9.39. The van der Waals surface area contributed by atoms with Crippen LogP contribution >= 0.6 is 23.2 Å². The lowest BCUT2D eigenvalue weighted by Crippen LogP contribution is -2.57. The van der Waals surface area contributed by atoms with E-state index in [1.807, 2.05) is 25.1 Å². The molecule has 13 heteroatoms. The third kappa shape index (κ3) is 5.80. The van der Waals surface area contributed by atoms with Crippen molar-refractivity contribution in [2.75, 3.05) is 40.7 Å². The minimum absolute atomic E-state index is 0. The molecular formula is C26H28Cl2N6O4S. The number of halogens is 2. The van der Waals surface area contributed by atoms with E-state index in [9.17, 15) is 18.0 Å². The van der Waals surface area contributed by atoms with Crippen LogP contribution in [0.3, 0.4) is 0 Å². The van der Waals surface area contributed by atoms with E-state index < -0.39 is 16.1 Å². The summed E-state index contributed by atoms with van der Waals surface area (Å²) in [4.78, 5) is 31.7. The Kier molecular flexibility index (Phi) is 7.66. The Labute approximate surface area is 238 Å². The van der Waals surface area contributed by atoms with Crippen LogP contribution in [0, 0.1) is 0 Å². The number of carbonyl (C=O) groups is 2. The highest BCUT2D eigenvalue weighted by Crippen LogP contribution is 2.31. The Hall–Kier alpha value is -3.41. The number of aromatic nitrogens is 2. The third-order valence-electron chi connectivity index (χ3n) is 6.88. The fraction of sp³-hybridized carbons (Fsp3) is 0.308. The van der Waals surface area contributed by atoms with Gasteiger partial charge < -0.3 is 14.7 Å². The maximum absolute atomic E-state index is 13.4. The van der Waals surface area contributed by atoms with E-state index in [1.165, 1.54) is 24.3 Å². The average molecular weight is 592 g/mol. The molecule has 10 nitrogen and oxygen atoms in total. The van der Waals surface area contributed by atoms with E-state index >= 15 is 0 Å². The van der Waals surface area contributed by atoms with Gasteiger partial charge in [-0.1, -0.05) is 23.2 Å². The largest absolute Gasteiger partial charge is 0.360 e. The zero-order valence-electron chi connectivity index (χ0n) is 21.0. The van der Waals surface area contributed by atoms with Gasteiger partial charge in [0.2, 0.25) is 11.8 Å². The molecule has 0 unspecified atom stereocenters. The second kappa shape index (κ2) is 11.0. The maximum Gasteiger partial charge on any atom is 0.263 e. The van der Waals surface area contributed by atoms with Gasteiger partial charge in [-0.15, -0.1) is 10.2 Å². The van der Waals surface area contributed by atoms with Crippen LogP contribution in [0.5, 0.6) is 0 Å². The van der Waals surface area contributed by atoms with Gasteiger partial charge >= 0.3 is 0 Å². The van der Waals surface area contributed by atoms with E-state index in [4.69, 9.17) is 23.2 Å². The Balaban J connectivity index is 0.00000370. The zero-order valence-corrected chi connectivity index (χ0v) is 23.4. The number of fused-ring (bicyclic) bond motifs is 1. The third-order valence-corrected chi connectivity index (χ3v) is 8.69. The minimum atomic E-state index is -3.92. The molecule has 39 heavy (non-hydrogen) atoms. The number of nitrogens with one attached hydrogen (secondary N) is 1. The fourth-order valence-electron chi connectivity index (χ4n) is 4.90. The number of piperazine rings is 1. The summed E-state index contributed by atoms with van der Waals surface area (Å²) in [5.41, 5.74) is 2.67. The summed E-state index contributed by atoms with van der Waals surface area (Å²) in [6, 6.07) is 14.1. The summed E-state index contributed by atoms with van der Waals surface area (Å²) in [6.07, 6.45) is 1.84. The van der Waals surface area contributed by atoms with Crippen molar-refractivity contribution >= 4 is 62.2 Å². The first kappa shape index (κ1) is 27.2. The van der Waals surface area contributed by atoms with Crippen molar-refractivity contribution in [3.05, 3.63) is 70.3 Å². The van der Waals surface area contributed by atoms with Gasteiger partial charge in [0.25, 0.3) is 10.0 Å². The number of benzene rings is 2. The van der Waals surface area contributed by atoms with E-state index in [2.05, 4.69) is 19.8 Å². The van der Waals surface area contributed by atoms with Crippen LogP contribution in [0.4, 0.5) is 17.2 Å². The topological polar surface area (TPSA) is 116 Å². The molecule has 1 aromatic heterocycles. The molecular weight excluding hydrogens is 563 g/mol. The molecule has 2 aliphatic rings. The highest BCUT2D eigenvalue weighted by Gasteiger charge is 2.34. The standard InChI is InChI=1S/C26H26Cl2N6O4S.H2/c1-17(33-12-2-3-18-15-19(27)4-9-22(18)33)26(36)32-13-14-34(25(35)16-32)20-5-7-21(8-6-20)39(37,38)31-24-11-10-23(28)29-30-24;/h4-11,15,17H,2-3,12-14,16H2,1H3,(H,30,31);1H/t17-;/m1./s1. The molecule has 2 aromatic carbocycles. The Morgan fingerprint density at radius 2 is 1.79 bits per heavy atom. The van der Waals surface area contributed by atoms with Gasteiger partial charge in [-0.2, -0.15) is 0 Å². The van der Waals surface area contributed by atoms with Crippen molar-refractivity contribution in [1.29, 1.82) is 0 Å². The number of hydrogen-bond acceptors (Lipinski definition) is 7. The predicted octanol–water partition coefficient (Wildman–Crippen LogP) is 3.85. The summed E-state index contributed by atoms with van der Waals surface area (Å²) in [6.45, 7) is 3.23. The molecule has 3 aromatic rings. The molecule has 0 radical (unpaired) electrons. The van der Waals surface area contributed by atoms with Crippen molar-refractivity contribution in [2.45, 2.75) is 30.7 Å². The van der Waals surface area contributed by atoms with E-state index in [1.54, 1.807) is 21.9 Å². The van der Waals surface area contributed by atoms with E-state index in [-0.39, 0.29) is 35.7 Å². The van der Waals surface area contributed by atoms with Gasteiger partial charge in [-0.05, 0) is 79.9 Å². The molecule has 0 aliphatic carbocycles. The molecule has 206 valence electrons. The molecule has 2 amide bonds. The van der Waals surface area contributed by atoms with Crippen molar-refractivity contribution < 1.29 is 19.4 Å². The quantitative estimate of drug-likeness (QED) is 0.463. The first-order valence-corrected chi connectivity index (χ1v) is 14.6. The molecule has 1 fully saturated rings. The normalized spacial score (nSPS) is 16.6. The molecule has 0 saturated carbocycles. The van der Waals surface area contributed by atoms with Gasteiger partial charge in [0.1, 0.15) is 12.6 Å². The van der Waals surface area contributed by atoms with Crippen molar-refractivity contribution in [3.63, 3.8) is 0 Å². The number of aryl methyl sites for hydroxylation is 1. The summed E-state index contributed by atoms with van der Waals surface area (Å²) in [5, 5.41) is 8.14. The fourth-order valence-corrected chi connectivity index (χ4v) is 6.19. The van der Waals surface area contributed by atoms with Crippen LogP contribution in [-0.2, 0) is 26.0 Å². The highest BCUT2D eigenvalue weighted by atomic mass is 35.5. The van der Waals surface area contributed by atoms with Gasteiger partial charge in [0, 0.05) is 37.5 Å². The predicted molar refractivity (Wildman–Crippen MR) is 152 cm³/mol. The first-order chi connectivity index (χ1) is 18.6. The SMILES string of the molecule is C[C@H](C(=O)N1CCN(c2ccc(S(=O)(=O)Nc3ccc(Cl)nn3)cc2)C(=O)C1)N1CCCc2cc(Cl)ccc21.[HH]. The Morgan fingerprint density at radius 3 is 2.49 bits per heavy atom. The number of anilines is 3. The van der Waals surface area contributed by atoms with Crippen LogP contribution in [0.25, 0.3) is 0 Å². The monoisotopic (exact) mass is 590 g/mol. The number of sulfonamides is 1. The molecule has 0 bridgehead atoms. The average Bonchev–Trinajstić information content (AvgIpc) is 2.93. The van der Waals surface area contributed by atoms with Crippen LogP contribution < -0.4 is 14.5 Å². The molecule has 5 rings (SSSR count). The number of carbonyl (C=O) groups excluding carboxylic acids is 2. The van der Waals surface area contributed by atoms with Gasteiger partial charge in [0.15, 0.2) is 11.0 Å². The second-order valence-corrected chi connectivity index (χ2v) is 11.9. The number of hydrogen-bond donors (Lipinski definition) is 1. The number of rotatable bonds is 6. The lowest BCUT2D eigenvalue weighted by atomic mass is 10.00. The highest BCUT2D eigenvalue weighted by molar-refractivity contribution is 7.92. The number of nitrogens with zero attached hydrogens (tertiary/aromatic N) is 5. The smallest absolute Gasteiger partial charge is 0.263 e. The zero-order chi connectivity index (χ0) is 27.7. The van der Waals surface area contributed by atoms with Crippen LogP contribution in [0.15, 0.2) is 59.5 Å². The molecule has 1 saturated heterocycles. The Bertz CT molecular complexity index is 1510. The van der Waals surface area contributed by atoms with Gasteiger partial charge in [-0.3, -0.25) is 14.3 Å². The van der Waals surface area contributed by atoms with E-state index in [0.29, 0.717) is 23.8 Å². The van der Waals surface area contributed by atoms with E-state index in [0.717, 1.165) is 30.6 Å². The molecule has 1 atom stereocenters. The van der Waals surface area contributed by atoms with Gasteiger partial charge in [-0.25, -0.2) is 8.42 Å².